The van der Waals surface area contributed by atoms with E-state index in [-0.39, 0.29) is 23.2 Å². The van der Waals surface area contributed by atoms with Crippen LogP contribution in [0.3, 0.4) is 0 Å². The molecule has 1 amide bonds. The molecule has 5 heteroatoms. The number of aliphatic hydroxyl groups excluding tert-OH is 1. The third kappa shape index (κ3) is 5.93. The molecule has 5 nitrogen and oxygen atoms in total. The average molecular weight is 498 g/mol. The van der Waals surface area contributed by atoms with Gasteiger partial charge in [0.15, 0.2) is 11.5 Å². The van der Waals surface area contributed by atoms with Crippen molar-refractivity contribution in [2.75, 3.05) is 13.7 Å². The third-order valence-corrected chi connectivity index (χ3v) is 6.98. The van der Waals surface area contributed by atoms with Gasteiger partial charge in [0.1, 0.15) is 5.75 Å². The lowest BCUT2D eigenvalue weighted by Crippen LogP contribution is -2.33. The van der Waals surface area contributed by atoms with E-state index >= 15 is 0 Å². The Morgan fingerprint density at radius 3 is 2.11 bits per heavy atom. The van der Waals surface area contributed by atoms with Crippen LogP contribution in [0.2, 0.25) is 0 Å². The molecular weight excluding hydrogens is 462 g/mol. The molecule has 0 saturated heterocycles. The molecule has 0 fully saturated rings. The molecule has 3 aromatic rings. The fourth-order valence-electron chi connectivity index (χ4n) is 4.76. The van der Waals surface area contributed by atoms with Gasteiger partial charge in [-0.05, 0) is 52.6 Å². The number of amides is 1. The van der Waals surface area contributed by atoms with Crippen LogP contribution >= 0.6 is 0 Å². The molecule has 1 unspecified atom stereocenters. The van der Waals surface area contributed by atoms with Crippen molar-refractivity contribution in [1.82, 2.24) is 4.90 Å². The molecule has 1 aliphatic heterocycles. The molecule has 1 heterocycles. The Hall–Kier alpha value is -3.86. The van der Waals surface area contributed by atoms with E-state index in [0.29, 0.717) is 19.4 Å². The maximum atomic E-state index is 13.5. The monoisotopic (exact) mass is 497 g/mol. The molecule has 0 spiro atoms. The Morgan fingerprint density at radius 1 is 0.892 bits per heavy atom. The highest BCUT2D eigenvalue weighted by Crippen LogP contribution is 2.39. The third-order valence-electron chi connectivity index (χ3n) is 6.98. The van der Waals surface area contributed by atoms with Crippen LogP contribution in [0.25, 0.3) is 0 Å². The zero-order valence-corrected chi connectivity index (χ0v) is 22.0. The SMILES string of the molecule is COc1ccc(CCN2C(=O)C(O)=C(C(=O)CCc3ccccc3)C2c2ccc(C(C)(C)C)cc2)cc1. The zero-order chi connectivity index (χ0) is 26.6. The average Bonchev–Trinajstić information content (AvgIpc) is 3.16. The smallest absolute Gasteiger partial charge is 0.290 e. The molecule has 1 atom stereocenters. The molecule has 0 aromatic heterocycles. The van der Waals surface area contributed by atoms with Gasteiger partial charge in [0.25, 0.3) is 5.91 Å². The first kappa shape index (κ1) is 26.2. The normalized spacial score (nSPS) is 15.8. The molecular formula is C32H35NO4. The number of aliphatic hydroxyl groups is 1. The summed E-state index contributed by atoms with van der Waals surface area (Å²) in [6.45, 7) is 6.81. The number of aryl methyl sites for hydroxylation is 1. The summed E-state index contributed by atoms with van der Waals surface area (Å²) in [5.41, 5.74) is 4.24. The Labute approximate surface area is 219 Å². The van der Waals surface area contributed by atoms with E-state index < -0.39 is 17.7 Å². The minimum absolute atomic E-state index is 0.0234. The fourth-order valence-corrected chi connectivity index (χ4v) is 4.76. The minimum atomic E-state index is -0.622. The van der Waals surface area contributed by atoms with Gasteiger partial charge in [-0.1, -0.05) is 87.5 Å². The van der Waals surface area contributed by atoms with Gasteiger partial charge in [0.05, 0.1) is 18.7 Å². The summed E-state index contributed by atoms with van der Waals surface area (Å²) in [4.78, 5) is 28.4. The second-order valence-corrected chi connectivity index (χ2v) is 10.5. The van der Waals surface area contributed by atoms with Crippen LogP contribution in [0.5, 0.6) is 5.75 Å². The van der Waals surface area contributed by atoms with E-state index in [1.54, 1.807) is 12.0 Å². The molecule has 192 valence electrons. The van der Waals surface area contributed by atoms with Crippen molar-refractivity contribution in [1.29, 1.82) is 0 Å². The second kappa shape index (κ2) is 11.0. The van der Waals surface area contributed by atoms with Gasteiger partial charge in [-0.3, -0.25) is 9.59 Å². The van der Waals surface area contributed by atoms with Crippen LogP contribution < -0.4 is 4.74 Å². The predicted molar refractivity (Wildman–Crippen MR) is 146 cm³/mol. The molecule has 1 aliphatic rings. The summed E-state index contributed by atoms with van der Waals surface area (Å²) in [6, 6.07) is 24.9. The topological polar surface area (TPSA) is 66.8 Å². The van der Waals surface area contributed by atoms with Crippen molar-refractivity contribution < 1.29 is 19.4 Å². The number of carbonyl (C=O) groups is 2. The van der Waals surface area contributed by atoms with Gasteiger partial charge in [-0.2, -0.15) is 0 Å². The molecule has 0 radical (unpaired) electrons. The van der Waals surface area contributed by atoms with Crippen LogP contribution in [0.15, 0.2) is 90.2 Å². The van der Waals surface area contributed by atoms with E-state index in [9.17, 15) is 14.7 Å². The highest BCUT2D eigenvalue weighted by molar-refractivity contribution is 6.09. The van der Waals surface area contributed by atoms with Gasteiger partial charge in [0, 0.05) is 13.0 Å². The van der Waals surface area contributed by atoms with Crippen molar-refractivity contribution in [3.05, 3.63) is 112 Å². The zero-order valence-electron chi connectivity index (χ0n) is 22.0. The molecule has 3 aromatic carbocycles. The summed E-state index contributed by atoms with van der Waals surface area (Å²) in [5.74, 6) is -0.367. The van der Waals surface area contributed by atoms with Crippen LogP contribution in [-0.2, 0) is 27.8 Å². The van der Waals surface area contributed by atoms with Crippen molar-refractivity contribution >= 4 is 11.7 Å². The standard InChI is InChI=1S/C32H35NO4/c1-32(2,3)25-15-13-24(14-16-25)29-28(27(34)19-12-22-8-6-5-7-9-22)30(35)31(36)33(29)21-20-23-10-17-26(37-4)18-11-23/h5-11,13-18,29,35H,12,19-21H2,1-4H3. The first-order chi connectivity index (χ1) is 17.7. The lowest BCUT2D eigenvalue weighted by molar-refractivity contribution is -0.129. The Balaban J connectivity index is 1.62. The molecule has 4 rings (SSSR count). The first-order valence-corrected chi connectivity index (χ1v) is 12.7. The maximum Gasteiger partial charge on any atom is 0.290 e. The number of carbonyl (C=O) groups excluding carboxylic acids is 2. The molecule has 0 aliphatic carbocycles. The molecule has 0 saturated carbocycles. The lowest BCUT2D eigenvalue weighted by atomic mass is 9.85. The van der Waals surface area contributed by atoms with Gasteiger partial charge in [-0.25, -0.2) is 0 Å². The number of benzene rings is 3. The highest BCUT2D eigenvalue weighted by Gasteiger charge is 2.43. The number of hydrogen-bond acceptors (Lipinski definition) is 4. The van der Waals surface area contributed by atoms with Gasteiger partial charge < -0.3 is 14.7 Å². The highest BCUT2D eigenvalue weighted by atomic mass is 16.5. The van der Waals surface area contributed by atoms with E-state index in [1.807, 2.05) is 78.9 Å². The van der Waals surface area contributed by atoms with Crippen LogP contribution in [0.4, 0.5) is 0 Å². The lowest BCUT2D eigenvalue weighted by Gasteiger charge is -2.28. The van der Waals surface area contributed by atoms with Crippen LogP contribution in [-0.4, -0.2) is 35.4 Å². The van der Waals surface area contributed by atoms with E-state index in [4.69, 9.17) is 4.74 Å². The summed E-state index contributed by atoms with van der Waals surface area (Å²) in [6.07, 6.45) is 1.36. The van der Waals surface area contributed by atoms with Gasteiger partial charge in [-0.15, -0.1) is 0 Å². The van der Waals surface area contributed by atoms with Crippen LogP contribution in [0.1, 0.15) is 55.5 Å². The van der Waals surface area contributed by atoms with Gasteiger partial charge >= 0.3 is 0 Å². The van der Waals surface area contributed by atoms with Crippen LogP contribution in [0, 0.1) is 0 Å². The number of hydrogen-bond donors (Lipinski definition) is 1. The van der Waals surface area contributed by atoms with Crippen molar-refractivity contribution in [2.45, 2.75) is 51.5 Å². The summed E-state index contributed by atoms with van der Waals surface area (Å²) >= 11 is 0. The number of ketones is 1. The Kier molecular flexibility index (Phi) is 7.82. The van der Waals surface area contributed by atoms with E-state index in [0.717, 1.165) is 28.0 Å². The maximum absolute atomic E-state index is 13.5. The summed E-state index contributed by atoms with van der Waals surface area (Å²) in [5, 5.41) is 10.9. The minimum Gasteiger partial charge on any atom is -0.503 e. The molecule has 0 bridgehead atoms. The van der Waals surface area contributed by atoms with Crippen molar-refractivity contribution in [3.8, 4) is 5.75 Å². The Morgan fingerprint density at radius 2 is 1.51 bits per heavy atom. The van der Waals surface area contributed by atoms with Crippen molar-refractivity contribution in [2.24, 2.45) is 0 Å². The van der Waals surface area contributed by atoms with E-state index in [1.165, 1.54) is 0 Å². The fraction of sp³-hybridized carbons (Fsp3) is 0.312. The number of ether oxygens (including phenoxy) is 1. The number of nitrogens with zero attached hydrogens (tertiary/aromatic N) is 1. The molecule has 1 N–H and O–H groups in total. The number of rotatable bonds is 9. The largest absolute Gasteiger partial charge is 0.503 e. The number of Topliss-reactive ketones (excluding diaryl/α,β-unsaturated/α-hetero) is 1. The predicted octanol–water partition coefficient (Wildman–Crippen LogP) is 6.13. The molecule has 37 heavy (non-hydrogen) atoms. The number of methoxy groups -OCH3 is 1. The summed E-state index contributed by atoms with van der Waals surface area (Å²) in [7, 11) is 1.62. The Bertz CT molecular complexity index is 1270. The summed E-state index contributed by atoms with van der Waals surface area (Å²) < 4.78 is 5.24. The van der Waals surface area contributed by atoms with Crippen molar-refractivity contribution in [3.63, 3.8) is 0 Å². The van der Waals surface area contributed by atoms with E-state index in [2.05, 4.69) is 20.8 Å². The van der Waals surface area contributed by atoms with Gasteiger partial charge in [0.2, 0.25) is 0 Å². The quantitative estimate of drug-likeness (QED) is 0.386. The first-order valence-electron chi connectivity index (χ1n) is 12.7. The second-order valence-electron chi connectivity index (χ2n) is 10.5.